The van der Waals surface area contributed by atoms with Crippen LogP contribution in [0.15, 0.2) is 4.99 Å². The molecule has 0 saturated heterocycles. The second-order valence-corrected chi connectivity index (χ2v) is 2.46. The Labute approximate surface area is 88.6 Å². The van der Waals surface area contributed by atoms with Crippen LogP contribution >= 0.6 is 0 Å². The van der Waals surface area contributed by atoms with Crippen molar-refractivity contribution in [2.45, 2.75) is 25.7 Å². The number of hydrogen-bond acceptors (Lipinski definition) is 1. The first-order chi connectivity index (χ1) is 4.43. The zero-order valence-electron chi connectivity index (χ0n) is 6.29. The van der Waals surface area contributed by atoms with Crippen molar-refractivity contribution in [3.8, 4) is 0 Å². The van der Waals surface area contributed by atoms with Gasteiger partial charge < -0.3 is 11.9 Å². The van der Waals surface area contributed by atoms with Gasteiger partial charge in [0, 0.05) is 32.7 Å². The Morgan fingerprint density at radius 2 is 2.50 bits per heavy atom. The van der Waals surface area contributed by atoms with Crippen LogP contribution in [0, 0.1) is 19.4 Å². The van der Waals surface area contributed by atoms with Crippen LogP contribution in [0.1, 0.15) is 25.7 Å². The minimum absolute atomic E-state index is 0. The van der Waals surface area contributed by atoms with Crippen LogP contribution in [0.5, 0.6) is 0 Å². The van der Waals surface area contributed by atoms with Crippen molar-refractivity contribution < 1.29 is 32.7 Å². The van der Waals surface area contributed by atoms with E-state index in [4.69, 9.17) is 0 Å². The summed E-state index contributed by atoms with van der Waals surface area (Å²) in [6.45, 7) is 5.86. The molecule has 1 rings (SSSR count). The summed E-state index contributed by atoms with van der Waals surface area (Å²) in [6, 6.07) is 0. The minimum atomic E-state index is 0. The third kappa shape index (κ3) is 3.73. The Morgan fingerprint density at radius 3 is 3.00 bits per heavy atom. The predicted octanol–water partition coefficient (Wildman–Crippen LogP) is 2.24. The Balaban J connectivity index is 0.000000810. The molecule has 2 heteroatoms. The number of nitrogens with zero attached hydrogens (tertiary/aromatic N) is 1. The SMILES string of the molecule is [CH2-]CCC1[CH-]N=CCC1.[Y]. The van der Waals surface area contributed by atoms with Crippen molar-refractivity contribution in [3.63, 3.8) is 0 Å². The van der Waals surface area contributed by atoms with Gasteiger partial charge in [0.2, 0.25) is 0 Å². The largest absolute Gasteiger partial charge is 0.458 e. The standard InChI is InChI=1S/C8H13N.Y/c1-2-4-8-5-3-6-9-7-8;/h6-8H,1-5H2;/q-2;. The quantitative estimate of drug-likeness (QED) is 0.622. The molecular weight excluding hydrogens is 199 g/mol. The molecule has 0 aromatic heterocycles. The van der Waals surface area contributed by atoms with Gasteiger partial charge in [0.1, 0.15) is 0 Å². The summed E-state index contributed by atoms with van der Waals surface area (Å²) < 4.78 is 0. The Bertz CT molecular complexity index is 101. The molecule has 1 heterocycles. The molecule has 1 nitrogen and oxygen atoms in total. The minimum Gasteiger partial charge on any atom is -0.458 e. The van der Waals surface area contributed by atoms with E-state index < -0.39 is 0 Å². The van der Waals surface area contributed by atoms with Gasteiger partial charge in [-0.1, -0.05) is 25.2 Å². The predicted molar refractivity (Wildman–Crippen MR) is 40.1 cm³/mol. The molecule has 0 spiro atoms. The molecule has 0 fully saturated rings. The van der Waals surface area contributed by atoms with E-state index in [-0.39, 0.29) is 32.7 Å². The summed E-state index contributed by atoms with van der Waals surface area (Å²) in [5.41, 5.74) is 0. The van der Waals surface area contributed by atoms with Crippen molar-refractivity contribution in [2.75, 3.05) is 0 Å². The van der Waals surface area contributed by atoms with Crippen molar-refractivity contribution in [1.82, 2.24) is 0 Å². The maximum absolute atomic E-state index is 4.10. The van der Waals surface area contributed by atoms with E-state index in [1.807, 2.05) is 6.21 Å². The van der Waals surface area contributed by atoms with E-state index in [0.29, 0.717) is 5.92 Å². The molecule has 10 heavy (non-hydrogen) atoms. The van der Waals surface area contributed by atoms with Gasteiger partial charge >= 0.3 is 0 Å². The van der Waals surface area contributed by atoms with Crippen LogP contribution in [-0.2, 0) is 32.7 Å². The zero-order valence-corrected chi connectivity index (χ0v) is 9.13. The molecule has 0 saturated carbocycles. The van der Waals surface area contributed by atoms with E-state index in [1.54, 1.807) is 0 Å². The molecule has 0 bridgehead atoms. The van der Waals surface area contributed by atoms with E-state index in [1.165, 1.54) is 12.8 Å². The topological polar surface area (TPSA) is 12.4 Å². The normalized spacial score (nSPS) is 23.1. The molecule has 0 aromatic rings. The maximum Gasteiger partial charge on any atom is 0 e. The fourth-order valence-electron chi connectivity index (χ4n) is 1.10. The van der Waals surface area contributed by atoms with E-state index in [0.717, 1.165) is 12.8 Å². The van der Waals surface area contributed by atoms with E-state index >= 15 is 0 Å². The molecule has 1 atom stereocenters. The molecule has 0 aromatic carbocycles. The summed E-state index contributed by atoms with van der Waals surface area (Å²) in [5.74, 6) is 0.715. The Morgan fingerprint density at radius 1 is 1.70 bits per heavy atom. The second-order valence-electron chi connectivity index (χ2n) is 2.46. The van der Waals surface area contributed by atoms with Gasteiger partial charge in [-0.15, -0.1) is 12.8 Å². The summed E-state index contributed by atoms with van der Waals surface area (Å²) in [6.07, 6.45) is 6.66. The van der Waals surface area contributed by atoms with Crippen molar-refractivity contribution >= 4 is 6.21 Å². The van der Waals surface area contributed by atoms with Crippen LogP contribution in [0.4, 0.5) is 0 Å². The Hall–Kier alpha value is 0.644. The summed E-state index contributed by atoms with van der Waals surface area (Å²) in [7, 11) is 0. The molecule has 0 N–H and O–H groups in total. The van der Waals surface area contributed by atoms with Crippen molar-refractivity contribution in [1.29, 1.82) is 0 Å². The zero-order chi connectivity index (χ0) is 6.53. The van der Waals surface area contributed by atoms with Crippen molar-refractivity contribution in [3.05, 3.63) is 13.5 Å². The third-order valence-electron chi connectivity index (χ3n) is 1.64. The first kappa shape index (κ1) is 10.6. The molecule has 1 radical (unpaired) electrons. The molecule has 1 aliphatic rings. The summed E-state index contributed by atoms with van der Waals surface area (Å²) in [5, 5.41) is 0. The van der Waals surface area contributed by atoms with Gasteiger partial charge in [0.05, 0.1) is 0 Å². The monoisotopic (exact) mass is 212 g/mol. The van der Waals surface area contributed by atoms with Gasteiger partial charge in [-0.05, 0) is 0 Å². The number of rotatable bonds is 2. The molecule has 55 valence electrons. The number of aliphatic imine (C=N–C) groups is 1. The maximum atomic E-state index is 4.10. The van der Waals surface area contributed by atoms with Crippen molar-refractivity contribution in [2.24, 2.45) is 10.9 Å². The average Bonchev–Trinajstić information content (AvgIpc) is 1.91. The van der Waals surface area contributed by atoms with Gasteiger partial charge in [-0.2, -0.15) is 6.42 Å². The third-order valence-corrected chi connectivity index (χ3v) is 1.64. The smallest absolute Gasteiger partial charge is 0 e. The molecular formula is C8H13NY-2. The molecule has 0 aliphatic carbocycles. The summed E-state index contributed by atoms with van der Waals surface area (Å²) in [4.78, 5) is 4.10. The second kappa shape index (κ2) is 6.36. The van der Waals surface area contributed by atoms with Crippen LogP contribution < -0.4 is 0 Å². The number of hydrogen-bond donors (Lipinski definition) is 0. The fourth-order valence-corrected chi connectivity index (χ4v) is 1.10. The van der Waals surface area contributed by atoms with Gasteiger partial charge in [-0.25, -0.2) is 0 Å². The van der Waals surface area contributed by atoms with Gasteiger partial charge in [0.25, 0.3) is 0 Å². The first-order valence-electron chi connectivity index (χ1n) is 3.57. The average molecular weight is 212 g/mol. The molecule has 0 amide bonds. The summed E-state index contributed by atoms with van der Waals surface area (Å²) >= 11 is 0. The molecule has 1 aliphatic heterocycles. The van der Waals surface area contributed by atoms with Gasteiger partial charge in [0.15, 0.2) is 0 Å². The van der Waals surface area contributed by atoms with Crippen LogP contribution in [-0.4, -0.2) is 6.21 Å². The fraction of sp³-hybridized carbons (Fsp3) is 0.625. The van der Waals surface area contributed by atoms with Crippen LogP contribution in [0.2, 0.25) is 0 Å². The Kier molecular flexibility index (Phi) is 6.77. The van der Waals surface area contributed by atoms with Crippen LogP contribution in [0.25, 0.3) is 0 Å². The first-order valence-corrected chi connectivity index (χ1v) is 3.57. The van der Waals surface area contributed by atoms with Crippen LogP contribution in [0.3, 0.4) is 0 Å². The van der Waals surface area contributed by atoms with Gasteiger partial charge in [-0.3, -0.25) is 0 Å². The van der Waals surface area contributed by atoms with E-state index in [9.17, 15) is 0 Å². The molecule has 1 unspecified atom stereocenters. The van der Waals surface area contributed by atoms with E-state index in [2.05, 4.69) is 18.5 Å².